The first-order valence-corrected chi connectivity index (χ1v) is 11.9. The predicted octanol–water partition coefficient (Wildman–Crippen LogP) is 7.14. The first kappa shape index (κ1) is 21.7. The molecule has 4 aromatic rings. The van der Waals surface area contributed by atoms with Crippen molar-refractivity contribution in [3.8, 4) is 0 Å². The molecule has 2 amide bonds. The van der Waals surface area contributed by atoms with Gasteiger partial charge < -0.3 is 4.57 Å². The van der Waals surface area contributed by atoms with E-state index in [1.165, 1.54) is 11.0 Å². The second-order valence-electron chi connectivity index (χ2n) is 7.82. The highest BCUT2D eigenvalue weighted by atomic mass is 79.9. The Hall–Kier alpha value is -3.16. The Morgan fingerprint density at radius 2 is 1.79 bits per heavy atom. The molecule has 3 aromatic carbocycles. The van der Waals surface area contributed by atoms with Gasteiger partial charge in [-0.05, 0) is 61.2 Å². The molecule has 1 aromatic heterocycles. The average molecular weight is 521 g/mol. The van der Waals surface area contributed by atoms with Gasteiger partial charge in [-0.3, -0.25) is 9.59 Å². The molecule has 1 fully saturated rings. The molecule has 5 rings (SSSR count). The molecule has 1 saturated heterocycles. The molecule has 164 valence electrons. The van der Waals surface area contributed by atoms with Gasteiger partial charge in [-0.1, -0.05) is 51.8 Å². The number of imide groups is 1. The summed E-state index contributed by atoms with van der Waals surface area (Å²) in [5, 5.41) is 0.578. The zero-order chi connectivity index (χ0) is 23.1. The summed E-state index contributed by atoms with van der Waals surface area (Å²) in [6.07, 6.45) is 3.63. The van der Waals surface area contributed by atoms with Crippen molar-refractivity contribution in [2.24, 2.45) is 0 Å². The van der Waals surface area contributed by atoms with E-state index in [1.54, 1.807) is 30.3 Å². The van der Waals surface area contributed by atoms with Crippen molar-refractivity contribution in [3.63, 3.8) is 0 Å². The molecular formula is C26H18BrFN2O2S. The number of nitrogens with zero attached hydrogens (tertiary/aromatic N) is 2. The van der Waals surface area contributed by atoms with Crippen LogP contribution in [0.5, 0.6) is 0 Å². The smallest absolute Gasteiger partial charge is 0.298 e. The van der Waals surface area contributed by atoms with E-state index in [0.717, 1.165) is 38.3 Å². The molecule has 2 heterocycles. The predicted molar refractivity (Wildman–Crippen MR) is 135 cm³/mol. The van der Waals surface area contributed by atoms with E-state index in [4.69, 9.17) is 0 Å². The van der Waals surface area contributed by atoms with Gasteiger partial charge in [0.05, 0.1) is 17.1 Å². The lowest BCUT2D eigenvalue weighted by molar-refractivity contribution is -0.113. The number of carbonyl (C=O) groups excluding carboxylic acids is 2. The topological polar surface area (TPSA) is 42.3 Å². The van der Waals surface area contributed by atoms with Gasteiger partial charge in [-0.2, -0.15) is 0 Å². The number of carbonyl (C=O) groups is 2. The highest BCUT2D eigenvalue weighted by molar-refractivity contribution is 9.10. The minimum Gasteiger partial charge on any atom is -0.342 e. The van der Waals surface area contributed by atoms with Crippen LogP contribution in [-0.2, 0) is 11.3 Å². The summed E-state index contributed by atoms with van der Waals surface area (Å²) in [4.78, 5) is 27.3. The minimum atomic E-state index is -0.348. The van der Waals surface area contributed by atoms with Crippen LogP contribution in [0, 0.1) is 12.7 Å². The van der Waals surface area contributed by atoms with E-state index in [2.05, 4.69) is 15.9 Å². The van der Waals surface area contributed by atoms with Crippen LogP contribution in [0.3, 0.4) is 0 Å². The lowest BCUT2D eigenvalue weighted by atomic mass is 10.1. The number of rotatable bonds is 4. The second-order valence-corrected chi connectivity index (χ2v) is 9.73. The van der Waals surface area contributed by atoms with E-state index < -0.39 is 0 Å². The van der Waals surface area contributed by atoms with E-state index >= 15 is 0 Å². The summed E-state index contributed by atoms with van der Waals surface area (Å²) in [5.41, 5.74) is 3.87. The number of hydrogen-bond donors (Lipinski definition) is 0. The fourth-order valence-corrected chi connectivity index (χ4v) is 5.07. The maximum Gasteiger partial charge on any atom is 0.298 e. The molecule has 33 heavy (non-hydrogen) atoms. The van der Waals surface area contributed by atoms with E-state index in [-0.39, 0.29) is 17.0 Å². The van der Waals surface area contributed by atoms with Gasteiger partial charge in [0.1, 0.15) is 5.82 Å². The molecule has 0 atom stereocenters. The fraction of sp³-hybridized carbons (Fsp3) is 0.0769. The zero-order valence-corrected chi connectivity index (χ0v) is 20.0. The Labute approximate surface area is 202 Å². The number of fused-ring (bicyclic) bond motifs is 1. The largest absolute Gasteiger partial charge is 0.342 e. The van der Waals surface area contributed by atoms with Gasteiger partial charge in [0, 0.05) is 32.7 Å². The molecule has 1 aliphatic heterocycles. The third-order valence-corrected chi connectivity index (χ3v) is 6.91. The van der Waals surface area contributed by atoms with Gasteiger partial charge in [-0.15, -0.1) is 0 Å². The fourth-order valence-electron chi connectivity index (χ4n) is 3.88. The number of benzene rings is 3. The van der Waals surface area contributed by atoms with Gasteiger partial charge >= 0.3 is 0 Å². The Morgan fingerprint density at radius 3 is 2.55 bits per heavy atom. The zero-order valence-electron chi connectivity index (χ0n) is 17.6. The van der Waals surface area contributed by atoms with Crippen LogP contribution in [0.25, 0.3) is 17.0 Å². The molecule has 0 aliphatic carbocycles. The quantitative estimate of drug-likeness (QED) is 0.268. The van der Waals surface area contributed by atoms with Crippen LogP contribution in [0.2, 0.25) is 0 Å². The van der Waals surface area contributed by atoms with E-state index in [9.17, 15) is 14.0 Å². The first-order chi connectivity index (χ1) is 15.9. The average Bonchev–Trinajstić information content (AvgIpc) is 3.26. The second kappa shape index (κ2) is 8.65. The van der Waals surface area contributed by atoms with Gasteiger partial charge in [0.15, 0.2) is 0 Å². The Morgan fingerprint density at radius 1 is 1.03 bits per heavy atom. The Balaban J connectivity index is 1.55. The molecule has 0 N–H and O–H groups in total. The van der Waals surface area contributed by atoms with Gasteiger partial charge in [-0.25, -0.2) is 9.29 Å². The number of thioether (sulfide) groups is 1. The first-order valence-electron chi connectivity index (χ1n) is 10.3. The molecule has 0 spiro atoms. The van der Waals surface area contributed by atoms with Crippen molar-refractivity contribution < 1.29 is 14.0 Å². The van der Waals surface area contributed by atoms with Crippen molar-refractivity contribution in [3.05, 3.63) is 105 Å². The molecule has 0 radical (unpaired) electrons. The van der Waals surface area contributed by atoms with Crippen LogP contribution in [0.1, 0.15) is 16.7 Å². The number of aromatic nitrogens is 1. The third kappa shape index (κ3) is 4.14. The molecular weight excluding hydrogens is 503 g/mol. The minimum absolute atomic E-state index is 0.266. The summed E-state index contributed by atoms with van der Waals surface area (Å²) in [6.45, 7) is 2.30. The molecule has 0 bridgehead atoms. The Kier molecular flexibility index (Phi) is 5.68. The van der Waals surface area contributed by atoms with Crippen molar-refractivity contribution >= 4 is 61.5 Å². The standard InChI is InChI=1S/C26H18BrFN2O2S/c1-16-6-9-20(10-7-16)30-25(31)24(33-26(30)32)12-18-15-29(14-17-4-2-3-5-22(17)28)23-11-8-19(27)13-21(18)23/h2-13,15H,14H2,1H3/b24-12-. The monoisotopic (exact) mass is 520 g/mol. The van der Waals surface area contributed by atoms with E-state index in [0.29, 0.717) is 22.7 Å². The molecule has 0 unspecified atom stereocenters. The van der Waals surface area contributed by atoms with Crippen LogP contribution in [-0.4, -0.2) is 15.7 Å². The number of aryl methyl sites for hydroxylation is 1. The van der Waals surface area contributed by atoms with E-state index in [1.807, 2.05) is 54.1 Å². The van der Waals surface area contributed by atoms with Crippen molar-refractivity contribution in [1.82, 2.24) is 4.57 Å². The Bertz CT molecular complexity index is 1440. The summed E-state index contributed by atoms with van der Waals surface area (Å²) in [5.74, 6) is -0.615. The molecule has 0 saturated carbocycles. The maximum atomic E-state index is 14.3. The number of halogens is 2. The maximum absolute atomic E-state index is 14.3. The molecule has 4 nitrogen and oxygen atoms in total. The van der Waals surface area contributed by atoms with Gasteiger partial charge in [0.2, 0.25) is 0 Å². The highest BCUT2D eigenvalue weighted by Gasteiger charge is 2.36. The van der Waals surface area contributed by atoms with Crippen LogP contribution < -0.4 is 4.90 Å². The van der Waals surface area contributed by atoms with Crippen LogP contribution in [0.15, 0.2) is 82.3 Å². The van der Waals surface area contributed by atoms with Crippen LogP contribution >= 0.6 is 27.7 Å². The van der Waals surface area contributed by atoms with Crippen molar-refractivity contribution in [2.45, 2.75) is 13.5 Å². The van der Waals surface area contributed by atoms with Gasteiger partial charge in [0.25, 0.3) is 11.1 Å². The summed E-state index contributed by atoms with van der Waals surface area (Å²) in [7, 11) is 0. The number of anilines is 1. The number of hydrogen-bond acceptors (Lipinski definition) is 3. The molecule has 7 heteroatoms. The SMILES string of the molecule is Cc1ccc(N2C(=O)S/C(=C\c3cn(Cc4ccccc4F)c4ccc(Br)cc34)C2=O)cc1. The lowest BCUT2D eigenvalue weighted by Gasteiger charge is -2.12. The highest BCUT2D eigenvalue weighted by Crippen LogP contribution is 2.37. The lowest BCUT2D eigenvalue weighted by Crippen LogP contribution is -2.27. The molecule has 1 aliphatic rings. The van der Waals surface area contributed by atoms with Crippen molar-refractivity contribution in [2.75, 3.05) is 4.90 Å². The normalized spacial score (nSPS) is 15.2. The third-order valence-electron chi connectivity index (χ3n) is 5.54. The number of amides is 2. The summed E-state index contributed by atoms with van der Waals surface area (Å²) < 4.78 is 17.1. The van der Waals surface area contributed by atoms with Crippen LogP contribution in [0.4, 0.5) is 14.9 Å². The summed E-state index contributed by atoms with van der Waals surface area (Å²) >= 11 is 4.43. The van der Waals surface area contributed by atoms with Crippen molar-refractivity contribution in [1.29, 1.82) is 0 Å². The summed E-state index contributed by atoms with van der Waals surface area (Å²) in [6, 6.07) is 19.8.